The van der Waals surface area contributed by atoms with Gasteiger partial charge in [0, 0.05) is 46.6 Å². The maximum absolute atomic E-state index is 16.0. The molecule has 2 aromatic heterocycles. The molecule has 0 amide bonds. The second kappa shape index (κ2) is 16.4. The van der Waals surface area contributed by atoms with Gasteiger partial charge in [-0.15, -0.1) is 17.7 Å². The molecule has 7 nitrogen and oxygen atoms in total. The van der Waals surface area contributed by atoms with E-state index in [2.05, 4.69) is 40.8 Å². The van der Waals surface area contributed by atoms with Crippen molar-refractivity contribution in [2.45, 2.75) is 44.1 Å². The van der Waals surface area contributed by atoms with Crippen LogP contribution in [0.1, 0.15) is 44.1 Å². The molecule has 0 spiro atoms. The van der Waals surface area contributed by atoms with E-state index in [1.165, 1.54) is 43.1 Å². The summed E-state index contributed by atoms with van der Waals surface area (Å²) in [5.74, 6) is 6.69. The highest BCUT2D eigenvalue weighted by atomic mass is 79.9. The van der Waals surface area contributed by atoms with Gasteiger partial charge in [-0.2, -0.15) is 5.10 Å². The molecule has 1 unspecified atom stereocenters. The molecule has 52 heavy (non-hydrogen) atoms. The fourth-order valence-electron chi connectivity index (χ4n) is 5.78. The van der Waals surface area contributed by atoms with Crippen molar-refractivity contribution in [3.63, 3.8) is 0 Å². The number of halogens is 3. The minimum Gasteiger partial charge on any atom is -0.461 e. The zero-order valence-corrected chi connectivity index (χ0v) is 32.2. The van der Waals surface area contributed by atoms with Crippen molar-refractivity contribution in [2.75, 3.05) is 11.5 Å². The second-order valence-corrected chi connectivity index (χ2v) is 15.2. The summed E-state index contributed by atoms with van der Waals surface area (Å²) in [5, 5.41) is 5.45. The van der Waals surface area contributed by atoms with Crippen LogP contribution in [0, 0.1) is 23.5 Å². The number of nitrogens with zero attached hydrogens (tertiary/aromatic N) is 4. The van der Waals surface area contributed by atoms with Crippen molar-refractivity contribution in [2.24, 2.45) is 7.05 Å². The molecule has 2 heterocycles. The molecule has 6 aromatic rings. The van der Waals surface area contributed by atoms with E-state index in [-0.39, 0.29) is 29.5 Å². The Morgan fingerprint density at radius 2 is 1.83 bits per heavy atom. The largest absolute Gasteiger partial charge is 0.461 e. The molecular weight excluding hydrogens is 766 g/mol. The van der Waals surface area contributed by atoms with Crippen molar-refractivity contribution in [3.8, 4) is 34.7 Å². The summed E-state index contributed by atoms with van der Waals surface area (Å²) in [6.07, 6.45) is 2.54. The topological polar surface area (TPSA) is 71.2 Å². The molecular formula is C40H35BrF2N4O3S2. The number of carbonyl (C=O) groups excluding carboxylic acids is 1. The van der Waals surface area contributed by atoms with Gasteiger partial charge in [0.25, 0.3) is 0 Å². The fraction of sp³-hybridized carbons (Fsp3) is 0.225. The molecule has 0 saturated carbocycles. The summed E-state index contributed by atoms with van der Waals surface area (Å²) in [6, 6.07) is 25.1. The van der Waals surface area contributed by atoms with Gasteiger partial charge in [-0.3, -0.25) is 8.77 Å². The number of fused-ring (bicyclic) bond motifs is 1. The Labute approximate surface area is 318 Å². The summed E-state index contributed by atoms with van der Waals surface area (Å²) >= 11 is 6.76. The number of hydrogen-bond acceptors (Lipinski definition) is 7. The van der Waals surface area contributed by atoms with E-state index in [1.54, 1.807) is 23.5 Å². The van der Waals surface area contributed by atoms with Gasteiger partial charge >= 0.3 is 5.97 Å². The summed E-state index contributed by atoms with van der Waals surface area (Å²) in [6.45, 7) is 4.98. The van der Waals surface area contributed by atoms with Crippen LogP contribution in [0.4, 0.5) is 8.78 Å². The molecule has 4 aromatic carbocycles. The van der Waals surface area contributed by atoms with Crippen molar-refractivity contribution in [1.82, 2.24) is 18.7 Å². The van der Waals surface area contributed by atoms with Gasteiger partial charge in [0.2, 0.25) is 0 Å². The first-order valence-electron chi connectivity index (χ1n) is 16.4. The van der Waals surface area contributed by atoms with Crippen LogP contribution in [0.5, 0.6) is 11.5 Å². The van der Waals surface area contributed by atoms with Gasteiger partial charge in [-0.25, -0.2) is 18.4 Å². The van der Waals surface area contributed by atoms with Crippen LogP contribution in [0.15, 0.2) is 100 Å². The summed E-state index contributed by atoms with van der Waals surface area (Å²) in [5.41, 5.74) is 1.47. The predicted molar refractivity (Wildman–Crippen MR) is 208 cm³/mol. The first kappa shape index (κ1) is 37.2. The number of aryl methyl sites for hydroxylation is 1. The second-order valence-electron chi connectivity index (χ2n) is 12.1. The van der Waals surface area contributed by atoms with Crippen LogP contribution in [-0.2, 0) is 28.6 Å². The number of benzene rings is 4. The molecule has 1 atom stereocenters. The Balaban J connectivity index is 1.36. The average molecular weight is 802 g/mol. The number of carbonyl (C=O) groups is 1. The predicted octanol–water partition coefficient (Wildman–Crippen LogP) is 10.3. The monoisotopic (exact) mass is 800 g/mol. The highest BCUT2D eigenvalue weighted by Crippen LogP contribution is 2.40. The highest BCUT2D eigenvalue weighted by Gasteiger charge is 2.34. The summed E-state index contributed by atoms with van der Waals surface area (Å²) in [4.78, 5) is 17.7. The van der Waals surface area contributed by atoms with E-state index in [9.17, 15) is 4.79 Å². The van der Waals surface area contributed by atoms with Gasteiger partial charge in [0.15, 0.2) is 23.2 Å². The van der Waals surface area contributed by atoms with E-state index < -0.39 is 23.0 Å². The van der Waals surface area contributed by atoms with Crippen LogP contribution in [0.3, 0.4) is 0 Å². The SMILES string of the molecule is CC#CCSCCC(C)(c1cccc(Br)c1)c1nc(-c2cc(Oc3c(F)cc4c(ccn4Sc4ccccc4)c3COC(C)=O)ccc2F)n(C)n1. The molecule has 0 saturated heterocycles. The third kappa shape index (κ3) is 8.22. The number of thioether (sulfide) groups is 1. The van der Waals surface area contributed by atoms with E-state index in [1.807, 2.05) is 71.7 Å². The van der Waals surface area contributed by atoms with Crippen molar-refractivity contribution >= 4 is 56.5 Å². The fourth-order valence-corrected chi connectivity index (χ4v) is 8.00. The average Bonchev–Trinajstić information content (AvgIpc) is 3.72. The Morgan fingerprint density at radius 3 is 2.58 bits per heavy atom. The molecule has 6 rings (SSSR count). The minimum atomic E-state index is -0.664. The first-order chi connectivity index (χ1) is 25.1. The van der Waals surface area contributed by atoms with Gasteiger partial charge < -0.3 is 9.47 Å². The molecule has 0 N–H and O–H groups in total. The van der Waals surface area contributed by atoms with E-state index >= 15 is 8.78 Å². The summed E-state index contributed by atoms with van der Waals surface area (Å²) in [7, 11) is 1.72. The van der Waals surface area contributed by atoms with Crippen molar-refractivity contribution < 1.29 is 23.0 Å². The lowest BCUT2D eigenvalue weighted by Crippen LogP contribution is -2.26. The third-order valence-electron chi connectivity index (χ3n) is 8.55. The van der Waals surface area contributed by atoms with Crippen LogP contribution < -0.4 is 4.74 Å². The standard InChI is InChI=1S/C40H35BrF2N4O3S2/c1-5-6-20-51-21-18-40(3,27-11-10-12-28(41)22-27)39-44-38(46(4)45-39)32-23-29(15-16-34(32)42)50-37-33(25-49-26(2)48)31-17-19-47(36(31)24-35(37)43)52-30-13-8-7-9-14-30/h7-17,19,22-24H,18,20-21,25H2,1-4H3. The maximum atomic E-state index is 16.0. The van der Waals surface area contributed by atoms with Crippen LogP contribution in [0.2, 0.25) is 0 Å². The lowest BCUT2D eigenvalue weighted by molar-refractivity contribution is -0.142. The lowest BCUT2D eigenvalue weighted by Gasteiger charge is -2.27. The molecule has 0 fully saturated rings. The van der Waals surface area contributed by atoms with Crippen LogP contribution in [0.25, 0.3) is 22.3 Å². The molecule has 0 aliphatic rings. The Hall–Kier alpha value is -4.57. The number of hydrogen-bond donors (Lipinski definition) is 0. The zero-order valence-electron chi connectivity index (χ0n) is 29.0. The van der Waals surface area contributed by atoms with E-state index in [0.717, 1.165) is 26.4 Å². The number of rotatable bonds is 13. The Kier molecular flexibility index (Phi) is 11.7. The third-order valence-corrected chi connectivity index (χ3v) is 10.9. The minimum absolute atomic E-state index is 0.125. The highest BCUT2D eigenvalue weighted by molar-refractivity contribution is 9.10. The number of esters is 1. The molecule has 12 heteroatoms. The first-order valence-corrected chi connectivity index (χ1v) is 19.1. The molecule has 0 aliphatic carbocycles. The van der Waals surface area contributed by atoms with Crippen LogP contribution >= 0.6 is 39.6 Å². The van der Waals surface area contributed by atoms with Gasteiger partial charge in [-0.1, -0.05) is 52.2 Å². The number of aromatic nitrogens is 4. The van der Waals surface area contributed by atoms with Crippen LogP contribution in [-0.4, -0.2) is 36.2 Å². The molecule has 0 bridgehead atoms. The summed E-state index contributed by atoms with van der Waals surface area (Å²) < 4.78 is 47.5. The zero-order chi connectivity index (χ0) is 36.8. The van der Waals surface area contributed by atoms with Crippen molar-refractivity contribution in [3.05, 3.63) is 124 Å². The Morgan fingerprint density at radius 1 is 1.02 bits per heavy atom. The van der Waals surface area contributed by atoms with E-state index in [0.29, 0.717) is 28.7 Å². The van der Waals surface area contributed by atoms with E-state index in [4.69, 9.17) is 19.6 Å². The van der Waals surface area contributed by atoms with Crippen molar-refractivity contribution in [1.29, 1.82) is 0 Å². The smallest absolute Gasteiger partial charge is 0.302 e. The lowest BCUT2D eigenvalue weighted by atomic mass is 9.79. The normalized spacial score (nSPS) is 12.3. The number of ether oxygens (including phenoxy) is 2. The van der Waals surface area contributed by atoms with Gasteiger partial charge in [0.05, 0.1) is 22.2 Å². The molecule has 0 radical (unpaired) electrons. The van der Waals surface area contributed by atoms with Gasteiger partial charge in [-0.05, 0) is 92.1 Å². The maximum Gasteiger partial charge on any atom is 0.302 e. The molecule has 0 aliphatic heterocycles. The Bertz CT molecular complexity index is 2300. The molecule has 266 valence electrons. The quantitative estimate of drug-likeness (QED) is 0.0654. The van der Waals surface area contributed by atoms with Gasteiger partial charge in [0.1, 0.15) is 18.2 Å².